The van der Waals surface area contributed by atoms with E-state index in [1.54, 1.807) is 0 Å². The van der Waals surface area contributed by atoms with Crippen molar-refractivity contribution in [2.45, 2.75) is 25.2 Å². The second kappa shape index (κ2) is 3.36. The lowest BCUT2D eigenvalue weighted by atomic mass is 9.84. The summed E-state index contributed by atoms with van der Waals surface area (Å²) in [6.45, 7) is 0. The van der Waals surface area contributed by atoms with Crippen molar-refractivity contribution in [3.63, 3.8) is 0 Å². The fraction of sp³-hybridized carbons (Fsp3) is 0.364. The number of hydrogen-bond acceptors (Lipinski definition) is 1. The highest BCUT2D eigenvalue weighted by Gasteiger charge is 2.16. The Hall–Kier alpha value is -0.690. The molecule has 0 nitrogen and oxygen atoms in total. The van der Waals surface area contributed by atoms with Crippen LogP contribution in [0.5, 0.6) is 0 Å². The Morgan fingerprint density at radius 2 is 2.17 bits per heavy atom. The third-order valence-electron chi connectivity index (χ3n) is 2.58. The quantitative estimate of drug-likeness (QED) is 0.592. The van der Waals surface area contributed by atoms with Gasteiger partial charge in [-0.3, -0.25) is 0 Å². The molecule has 1 aromatic carbocycles. The van der Waals surface area contributed by atoms with Crippen molar-refractivity contribution in [2.24, 2.45) is 0 Å². The van der Waals surface area contributed by atoms with E-state index in [1.165, 1.54) is 30.4 Å². The van der Waals surface area contributed by atoms with E-state index in [2.05, 4.69) is 24.3 Å². The normalized spacial score (nSPS) is 21.5. The van der Waals surface area contributed by atoms with Crippen LogP contribution < -0.4 is 0 Å². The second-order valence-corrected chi connectivity index (χ2v) is 3.61. The summed E-state index contributed by atoms with van der Waals surface area (Å²) in [5.74, 6) is 0.532. The fourth-order valence-corrected chi connectivity index (χ4v) is 2.22. The Morgan fingerprint density at radius 3 is 3.00 bits per heavy atom. The number of fused-ring (bicyclic) bond motifs is 1. The van der Waals surface area contributed by atoms with E-state index in [4.69, 9.17) is 12.2 Å². The van der Waals surface area contributed by atoms with Gasteiger partial charge in [0.15, 0.2) is 0 Å². The number of aryl methyl sites for hydroxylation is 1. The first-order valence-electron chi connectivity index (χ1n) is 4.45. The van der Waals surface area contributed by atoms with Gasteiger partial charge in [-0.2, -0.15) is 0 Å². The van der Waals surface area contributed by atoms with Crippen LogP contribution in [0.3, 0.4) is 0 Å². The molecule has 0 radical (unpaired) electrons. The molecule has 0 saturated carbocycles. The first-order chi connectivity index (χ1) is 5.92. The van der Waals surface area contributed by atoms with Crippen molar-refractivity contribution in [3.8, 4) is 0 Å². The van der Waals surface area contributed by atoms with Gasteiger partial charge in [0.25, 0.3) is 0 Å². The van der Waals surface area contributed by atoms with Gasteiger partial charge in [0.1, 0.15) is 0 Å². The van der Waals surface area contributed by atoms with Gasteiger partial charge in [-0.25, -0.2) is 0 Å². The number of thiocarbonyl (C=S) groups is 1. The summed E-state index contributed by atoms with van der Waals surface area (Å²) in [6.07, 6.45) is 3.76. The molecule has 12 heavy (non-hydrogen) atoms. The van der Waals surface area contributed by atoms with E-state index in [1.807, 2.05) is 5.37 Å². The predicted molar refractivity (Wildman–Crippen MR) is 55.8 cm³/mol. The van der Waals surface area contributed by atoms with E-state index in [-0.39, 0.29) is 0 Å². The van der Waals surface area contributed by atoms with Crippen molar-refractivity contribution in [1.82, 2.24) is 0 Å². The summed E-state index contributed by atoms with van der Waals surface area (Å²) in [5, 5.41) is 1.91. The van der Waals surface area contributed by atoms with Crippen LogP contribution in [-0.2, 0) is 6.42 Å². The van der Waals surface area contributed by atoms with Crippen LogP contribution in [0.15, 0.2) is 24.3 Å². The topological polar surface area (TPSA) is 0 Å². The van der Waals surface area contributed by atoms with Crippen molar-refractivity contribution in [2.75, 3.05) is 0 Å². The zero-order chi connectivity index (χ0) is 8.39. The molecule has 1 unspecified atom stereocenters. The van der Waals surface area contributed by atoms with Gasteiger partial charge in [-0.15, -0.1) is 0 Å². The van der Waals surface area contributed by atoms with E-state index in [0.29, 0.717) is 5.92 Å². The Kier molecular flexibility index (Phi) is 2.22. The molecule has 0 fully saturated rings. The summed E-state index contributed by atoms with van der Waals surface area (Å²) in [6, 6.07) is 8.66. The molecule has 0 amide bonds. The van der Waals surface area contributed by atoms with Crippen molar-refractivity contribution in [3.05, 3.63) is 35.4 Å². The molecule has 0 bridgehead atoms. The molecule has 0 N–H and O–H groups in total. The second-order valence-electron chi connectivity index (χ2n) is 3.33. The maximum absolute atomic E-state index is 5.02. The van der Waals surface area contributed by atoms with Crippen LogP contribution in [0, 0.1) is 0 Å². The summed E-state index contributed by atoms with van der Waals surface area (Å²) >= 11 is 5.02. The molecule has 0 spiro atoms. The lowest BCUT2D eigenvalue weighted by Crippen LogP contribution is -2.09. The summed E-state index contributed by atoms with van der Waals surface area (Å²) in [7, 11) is 0. The van der Waals surface area contributed by atoms with Gasteiger partial charge >= 0.3 is 0 Å². The lowest BCUT2D eigenvalue weighted by molar-refractivity contribution is 0.659. The Morgan fingerprint density at radius 1 is 1.33 bits per heavy atom. The molecule has 2 rings (SSSR count). The van der Waals surface area contributed by atoms with E-state index < -0.39 is 0 Å². The fourth-order valence-electron chi connectivity index (χ4n) is 1.93. The molecule has 62 valence electrons. The first kappa shape index (κ1) is 7.93. The third-order valence-corrected chi connectivity index (χ3v) is 2.91. The molecule has 0 aromatic heterocycles. The lowest BCUT2D eigenvalue weighted by Gasteiger charge is -2.21. The molecule has 0 heterocycles. The van der Waals surface area contributed by atoms with Crippen LogP contribution in [-0.4, -0.2) is 5.37 Å². The minimum atomic E-state index is 0.532. The molecule has 1 atom stereocenters. The van der Waals surface area contributed by atoms with E-state index in [9.17, 15) is 0 Å². The van der Waals surface area contributed by atoms with Gasteiger partial charge < -0.3 is 0 Å². The monoisotopic (exact) mass is 176 g/mol. The SMILES string of the molecule is S=CC1CCCc2ccccc21. The maximum atomic E-state index is 5.02. The molecular weight excluding hydrogens is 164 g/mol. The van der Waals surface area contributed by atoms with Gasteiger partial charge in [0, 0.05) is 5.92 Å². The molecule has 0 saturated heterocycles. The minimum absolute atomic E-state index is 0.532. The van der Waals surface area contributed by atoms with Crippen LogP contribution in [0.1, 0.15) is 29.9 Å². The Labute approximate surface area is 78.6 Å². The average molecular weight is 176 g/mol. The molecule has 1 aromatic rings. The van der Waals surface area contributed by atoms with Crippen molar-refractivity contribution in [1.29, 1.82) is 0 Å². The summed E-state index contributed by atoms with van der Waals surface area (Å²) in [4.78, 5) is 0. The van der Waals surface area contributed by atoms with Crippen LogP contribution in [0.2, 0.25) is 0 Å². The number of rotatable bonds is 1. The van der Waals surface area contributed by atoms with E-state index in [0.717, 1.165) is 0 Å². The highest BCUT2D eigenvalue weighted by atomic mass is 32.1. The Bertz CT molecular complexity index is 291. The van der Waals surface area contributed by atoms with Crippen LogP contribution >= 0.6 is 12.2 Å². The average Bonchev–Trinajstić information content (AvgIpc) is 2.17. The molecule has 1 aliphatic carbocycles. The minimum Gasteiger partial charge on any atom is -0.0928 e. The summed E-state index contributed by atoms with van der Waals surface area (Å²) < 4.78 is 0. The maximum Gasteiger partial charge on any atom is 0.0126 e. The number of benzene rings is 1. The third kappa shape index (κ3) is 1.29. The van der Waals surface area contributed by atoms with Gasteiger partial charge in [-0.1, -0.05) is 36.5 Å². The first-order valence-corrected chi connectivity index (χ1v) is 4.92. The summed E-state index contributed by atoms with van der Waals surface area (Å²) in [5.41, 5.74) is 2.95. The van der Waals surface area contributed by atoms with Crippen molar-refractivity contribution < 1.29 is 0 Å². The molecule has 0 aliphatic heterocycles. The van der Waals surface area contributed by atoms with E-state index >= 15 is 0 Å². The van der Waals surface area contributed by atoms with Gasteiger partial charge in [-0.05, 0) is 35.8 Å². The predicted octanol–water partition coefficient (Wildman–Crippen LogP) is 3.11. The van der Waals surface area contributed by atoms with Crippen LogP contribution in [0.4, 0.5) is 0 Å². The Balaban J connectivity index is 2.43. The highest BCUT2D eigenvalue weighted by Crippen LogP contribution is 2.29. The zero-order valence-electron chi connectivity index (χ0n) is 6.99. The standard InChI is InChI=1S/C11H12S/c12-8-10-6-3-5-9-4-1-2-7-11(9)10/h1-2,4,7-8,10H,3,5-6H2. The molecule has 1 aliphatic rings. The smallest absolute Gasteiger partial charge is 0.0126 e. The van der Waals surface area contributed by atoms with Crippen molar-refractivity contribution >= 4 is 17.6 Å². The van der Waals surface area contributed by atoms with Gasteiger partial charge in [0.2, 0.25) is 0 Å². The van der Waals surface area contributed by atoms with Gasteiger partial charge in [0.05, 0.1) is 0 Å². The van der Waals surface area contributed by atoms with Crippen LogP contribution in [0.25, 0.3) is 0 Å². The molecular formula is C11H12S. The highest BCUT2D eigenvalue weighted by molar-refractivity contribution is 7.79. The largest absolute Gasteiger partial charge is 0.0928 e. The molecule has 1 heteroatoms. The number of hydrogen-bond donors (Lipinski definition) is 0. The zero-order valence-corrected chi connectivity index (χ0v) is 7.81.